The zero-order chi connectivity index (χ0) is 11.5. The van der Waals surface area contributed by atoms with Crippen LogP contribution in [0.15, 0.2) is 39.3 Å². The van der Waals surface area contributed by atoms with Gasteiger partial charge in [0.15, 0.2) is 0 Å². The molecule has 0 aromatic carbocycles. The fourth-order valence-corrected chi connectivity index (χ4v) is 1.94. The Morgan fingerprint density at radius 1 is 1.50 bits per heavy atom. The molecule has 1 N–H and O–H groups in total. The molecule has 0 saturated carbocycles. The van der Waals surface area contributed by atoms with Crippen LogP contribution in [0.1, 0.15) is 16.1 Å². The Balaban J connectivity index is 2.31. The van der Waals surface area contributed by atoms with Crippen LogP contribution in [-0.2, 0) is 0 Å². The highest BCUT2D eigenvalue weighted by Gasteiger charge is 2.09. The SMILES string of the molecule is Cc1cc(C(=O)O)cc(Sc2ncco2)n1. The molecule has 0 spiro atoms. The summed E-state index contributed by atoms with van der Waals surface area (Å²) in [6, 6.07) is 3.01. The molecule has 5 nitrogen and oxygen atoms in total. The third-order valence-corrected chi connectivity index (χ3v) is 2.57. The molecule has 0 aliphatic carbocycles. The molecule has 0 bridgehead atoms. The molecule has 2 heterocycles. The lowest BCUT2D eigenvalue weighted by atomic mass is 10.2. The third kappa shape index (κ3) is 2.40. The Hall–Kier alpha value is -1.82. The fourth-order valence-electron chi connectivity index (χ4n) is 1.16. The molecule has 0 amide bonds. The number of aromatic carboxylic acids is 1. The smallest absolute Gasteiger partial charge is 0.335 e. The van der Waals surface area contributed by atoms with Crippen LogP contribution < -0.4 is 0 Å². The molecule has 2 aromatic heterocycles. The molecule has 0 unspecified atom stereocenters. The van der Waals surface area contributed by atoms with Crippen molar-refractivity contribution in [3.63, 3.8) is 0 Å². The van der Waals surface area contributed by atoms with E-state index in [1.807, 2.05) is 0 Å². The van der Waals surface area contributed by atoms with Gasteiger partial charge >= 0.3 is 5.97 Å². The number of aromatic nitrogens is 2. The van der Waals surface area contributed by atoms with Crippen LogP contribution in [0, 0.1) is 6.92 Å². The van der Waals surface area contributed by atoms with E-state index in [1.54, 1.807) is 6.92 Å². The predicted octanol–water partition coefficient (Wildman–Crippen LogP) is 2.23. The van der Waals surface area contributed by atoms with Crippen molar-refractivity contribution in [2.45, 2.75) is 17.2 Å². The standard InChI is InChI=1S/C10H8N2O3S/c1-6-4-7(9(13)14)5-8(12-6)16-10-11-2-3-15-10/h2-5H,1H3,(H,13,14). The van der Waals surface area contributed by atoms with Crippen molar-refractivity contribution in [3.05, 3.63) is 35.9 Å². The van der Waals surface area contributed by atoms with E-state index >= 15 is 0 Å². The van der Waals surface area contributed by atoms with E-state index in [1.165, 1.54) is 36.4 Å². The highest BCUT2D eigenvalue weighted by molar-refractivity contribution is 7.99. The summed E-state index contributed by atoms with van der Waals surface area (Å²) in [4.78, 5) is 18.9. The number of hydrogen-bond acceptors (Lipinski definition) is 5. The van der Waals surface area contributed by atoms with Gasteiger partial charge in [0.05, 0.1) is 11.8 Å². The van der Waals surface area contributed by atoms with Gasteiger partial charge in [0.2, 0.25) is 0 Å². The van der Waals surface area contributed by atoms with Crippen molar-refractivity contribution in [2.24, 2.45) is 0 Å². The van der Waals surface area contributed by atoms with Crippen molar-refractivity contribution < 1.29 is 14.3 Å². The zero-order valence-corrected chi connectivity index (χ0v) is 9.19. The lowest BCUT2D eigenvalue weighted by molar-refractivity contribution is 0.0696. The zero-order valence-electron chi connectivity index (χ0n) is 8.38. The first-order valence-corrected chi connectivity index (χ1v) is 5.26. The second kappa shape index (κ2) is 4.36. The molecule has 0 aliphatic rings. The van der Waals surface area contributed by atoms with Crippen molar-refractivity contribution in [3.8, 4) is 0 Å². The lowest BCUT2D eigenvalue weighted by Gasteiger charge is -2.01. The van der Waals surface area contributed by atoms with Gasteiger partial charge in [0.25, 0.3) is 5.22 Å². The van der Waals surface area contributed by atoms with Crippen LogP contribution in [0.2, 0.25) is 0 Å². The highest BCUT2D eigenvalue weighted by Crippen LogP contribution is 2.25. The summed E-state index contributed by atoms with van der Waals surface area (Å²) in [7, 11) is 0. The van der Waals surface area contributed by atoms with Gasteiger partial charge < -0.3 is 9.52 Å². The average molecular weight is 236 g/mol. The molecule has 82 valence electrons. The maximum Gasteiger partial charge on any atom is 0.335 e. The van der Waals surface area contributed by atoms with Gasteiger partial charge in [-0.3, -0.25) is 0 Å². The van der Waals surface area contributed by atoms with Gasteiger partial charge in [-0.05, 0) is 30.8 Å². The van der Waals surface area contributed by atoms with Gasteiger partial charge in [-0.2, -0.15) is 0 Å². The number of carboxylic acids is 1. The molecular formula is C10H8N2O3S. The highest BCUT2D eigenvalue weighted by atomic mass is 32.2. The maximum absolute atomic E-state index is 10.8. The summed E-state index contributed by atoms with van der Waals surface area (Å²) in [5, 5.41) is 9.88. The summed E-state index contributed by atoms with van der Waals surface area (Å²) in [5.41, 5.74) is 0.857. The third-order valence-electron chi connectivity index (χ3n) is 1.78. The van der Waals surface area contributed by atoms with Crippen molar-refractivity contribution >= 4 is 17.7 Å². The van der Waals surface area contributed by atoms with Crippen LogP contribution >= 0.6 is 11.8 Å². The first-order chi connectivity index (χ1) is 7.65. The fraction of sp³-hybridized carbons (Fsp3) is 0.100. The number of pyridine rings is 1. The first kappa shape index (κ1) is 10.7. The Morgan fingerprint density at radius 2 is 2.31 bits per heavy atom. The Bertz CT molecular complexity index is 511. The van der Waals surface area contributed by atoms with Crippen LogP contribution in [0.25, 0.3) is 0 Å². The van der Waals surface area contributed by atoms with E-state index in [0.717, 1.165) is 0 Å². The molecule has 0 fully saturated rings. The molecule has 0 radical (unpaired) electrons. The molecule has 0 aliphatic heterocycles. The number of aryl methyl sites for hydroxylation is 1. The monoisotopic (exact) mass is 236 g/mol. The minimum Gasteiger partial charge on any atom is -0.478 e. The van der Waals surface area contributed by atoms with E-state index in [-0.39, 0.29) is 5.56 Å². The molecule has 2 aromatic rings. The minimum atomic E-state index is -0.972. The molecule has 0 saturated heterocycles. The topological polar surface area (TPSA) is 76.2 Å². The number of oxazole rings is 1. The molecule has 2 rings (SSSR count). The van der Waals surface area contributed by atoms with Gasteiger partial charge in [0, 0.05) is 5.69 Å². The van der Waals surface area contributed by atoms with Crippen molar-refractivity contribution in [1.82, 2.24) is 9.97 Å². The summed E-state index contributed by atoms with van der Waals surface area (Å²) >= 11 is 1.19. The van der Waals surface area contributed by atoms with Crippen LogP contribution in [0.4, 0.5) is 0 Å². The number of hydrogen-bond donors (Lipinski definition) is 1. The number of carboxylic acid groups (broad SMARTS) is 1. The molecule has 0 atom stereocenters. The summed E-state index contributed by atoms with van der Waals surface area (Å²) in [6.07, 6.45) is 2.98. The lowest BCUT2D eigenvalue weighted by Crippen LogP contribution is -1.98. The maximum atomic E-state index is 10.8. The summed E-state index contributed by atoms with van der Waals surface area (Å²) in [5.74, 6) is -0.972. The first-order valence-electron chi connectivity index (χ1n) is 4.44. The Morgan fingerprint density at radius 3 is 2.94 bits per heavy atom. The normalized spacial score (nSPS) is 10.3. The van der Waals surface area contributed by atoms with E-state index in [9.17, 15) is 4.79 Å². The summed E-state index contributed by atoms with van der Waals surface area (Å²) < 4.78 is 5.04. The largest absolute Gasteiger partial charge is 0.478 e. The Kier molecular flexibility index (Phi) is 2.91. The predicted molar refractivity (Wildman–Crippen MR) is 56.6 cm³/mol. The van der Waals surface area contributed by atoms with Gasteiger partial charge in [-0.25, -0.2) is 14.8 Å². The van der Waals surface area contributed by atoms with Crippen LogP contribution in [0.3, 0.4) is 0 Å². The number of carbonyl (C=O) groups is 1. The number of nitrogens with zero attached hydrogens (tertiary/aromatic N) is 2. The van der Waals surface area contributed by atoms with E-state index in [2.05, 4.69) is 9.97 Å². The number of rotatable bonds is 3. The van der Waals surface area contributed by atoms with E-state index < -0.39 is 5.97 Å². The average Bonchev–Trinajstić information content (AvgIpc) is 2.69. The van der Waals surface area contributed by atoms with E-state index in [4.69, 9.17) is 9.52 Å². The second-order valence-electron chi connectivity index (χ2n) is 3.04. The van der Waals surface area contributed by atoms with Gasteiger partial charge in [0.1, 0.15) is 11.3 Å². The van der Waals surface area contributed by atoms with Gasteiger partial charge in [-0.1, -0.05) is 0 Å². The second-order valence-corrected chi connectivity index (χ2v) is 4.01. The quantitative estimate of drug-likeness (QED) is 0.880. The van der Waals surface area contributed by atoms with Crippen LogP contribution in [-0.4, -0.2) is 21.0 Å². The Labute approximate surface area is 95.5 Å². The van der Waals surface area contributed by atoms with Gasteiger partial charge in [-0.15, -0.1) is 0 Å². The van der Waals surface area contributed by atoms with Crippen molar-refractivity contribution in [2.75, 3.05) is 0 Å². The minimum absolute atomic E-state index is 0.210. The van der Waals surface area contributed by atoms with E-state index in [0.29, 0.717) is 15.9 Å². The molecular weight excluding hydrogens is 228 g/mol. The van der Waals surface area contributed by atoms with Crippen molar-refractivity contribution in [1.29, 1.82) is 0 Å². The molecule has 16 heavy (non-hydrogen) atoms. The summed E-state index contributed by atoms with van der Waals surface area (Å²) in [6.45, 7) is 1.74. The van der Waals surface area contributed by atoms with Crippen LogP contribution in [0.5, 0.6) is 0 Å². The molecule has 6 heteroatoms.